The van der Waals surface area contributed by atoms with E-state index in [0.717, 1.165) is 17.7 Å². The molecule has 0 unspecified atom stereocenters. The Bertz CT molecular complexity index is 558. The van der Waals surface area contributed by atoms with Gasteiger partial charge in [-0.15, -0.1) is 0 Å². The third-order valence-corrected chi connectivity index (χ3v) is 4.02. The van der Waals surface area contributed by atoms with E-state index in [1.807, 2.05) is 24.3 Å². The van der Waals surface area contributed by atoms with Crippen LogP contribution >= 0.6 is 0 Å². The van der Waals surface area contributed by atoms with Gasteiger partial charge in [-0.3, -0.25) is 0 Å². The van der Waals surface area contributed by atoms with Crippen LogP contribution in [0, 0.1) is 0 Å². The fraction of sp³-hybridized carbons (Fsp3) is 0.412. The average Bonchev–Trinajstić information content (AvgIpc) is 2.98. The van der Waals surface area contributed by atoms with Gasteiger partial charge in [0, 0.05) is 18.2 Å². The number of hydrogen-bond donors (Lipinski definition) is 2. The van der Waals surface area contributed by atoms with Gasteiger partial charge in [-0.1, -0.05) is 36.4 Å². The summed E-state index contributed by atoms with van der Waals surface area (Å²) >= 11 is 0. The van der Waals surface area contributed by atoms with Crippen LogP contribution in [0.15, 0.2) is 42.5 Å². The quantitative estimate of drug-likeness (QED) is 0.859. The second-order valence-corrected chi connectivity index (χ2v) is 5.60. The molecule has 20 heavy (non-hydrogen) atoms. The first-order valence-corrected chi connectivity index (χ1v) is 7.45. The van der Waals surface area contributed by atoms with Gasteiger partial charge < -0.3 is 14.7 Å². The maximum Gasteiger partial charge on any atom is 0.137 e. The van der Waals surface area contributed by atoms with Crippen molar-refractivity contribution in [1.29, 1.82) is 0 Å². The summed E-state index contributed by atoms with van der Waals surface area (Å²) in [7, 11) is 0. The third kappa shape index (κ3) is 3.11. The fourth-order valence-corrected chi connectivity index (χ4v) is 2.98. The minimum absolute atomic E-state index is 0.373. The van der Waals surface area contributed by atoms with Crippen LogP contribution in [0.2, 0.25) is 0 Å². The van der Waals surface area contributed by atoms with Gasteiger partial charge in [0.2, 0.25) is 0 Å². The van der Waals surface area contributed by atoms with Crippen molar-refractivity contribution in [2.24, 2.45) is 0 Å². The lowest BCUT2D eigenvalue weighted by Gasteiger charge is -2.17. The fourth-order valence-electron chi connectivity index (χ4n) is 2.98. The molecule has 1 aliphatic rings. The zero-order valence-corrected chi connectivity index (χ0v) is 11.7. The molecule has 0 aromatic heterocycles. The van der Waals surface area contributed by atoms with Gasteiger partial charge in [0.1, 0.15) is 25.0 Å². The van der Waals surface area contributed by atoms with Crippen LogP contribution < -0.4 is 9.64 Å². The van der Waals surface area contributed by atoms with E-state index in [-0.39, 0.29) is 6.10 Å². The number of likely N-dealkylation sites (tertiary alicyclic amines) is 1. The van der Waals surface area contributed by atoms with E-state index in [9.17, 15) is 5.11 Å². The standard InChI is InChI=1S/C17H21NO2/c19-15(12-18-10-3-4-11-18)13-20-17-9-5-7-14-6-1-2-8-16(14)17/h1-2,5-9,15,19H,3-4,10-13H2/p+1/t15-/m1/s1. The Morgan fingerprint density at radius 3 is 2.65 bits per heavy atom. The molecule has 0 bridgehead atoms. The van der Waals surface area contributed by atoms with Gasteiger partial charge in [-0.25, -0.2) is 0 Å². The predicted molar refractivity (Wildman–Crippen MR) is 80.2 cm³/mol. The van der Waals surface area contributed by atoms with E-state index in [1.165, 1.54) is 36.2 Å². The zero-order chi connectivity index (χ0) is 13.8. The molecule has 3 nitrogen and oxygen atoms in total. The normalized spacial score (nSPS) is 17.4. The molecule has 1 aliphatic heterocycles. The van der Waals surface area contributed by atoms with Crippen molar-refractivity contribution in [1.82, 2.24) is 0 Å². The van der Waals surface area contributed by atoms with E-state index >= 15 is 0 Å². The van der Waals surface area contributed by atoms with Gasteiger partial charge in [0.15, 0.2) is 0 Å². The minimum Gasteiger partial charge on any atom is -0.490 e. The Morgan fingerprint density at radius 1 is 1.05 bits per heavy atom. The Hall–Kier alpha value is -1.58. The number of fused-ring (bicyclic) bond motifs is 1. The van der Waals surface area contributed by atoms with Gasteiger partial charge >= 0.3 is 0 Å². The van der Waals surface area contributed by atoms with Crippen LogP contribution in [0.1, 0.15) is 12.8 Å². The second kappa shape index (κ2) is 6.25. The van der Waals surface area contributed by atoms with E-state index in [0.29, 0.717) is 6.61 Å². The molecule has 2 aromatic rings. The van der Waals surface area contributed by atoms with Crippen molar-refractivity contribution in [2.45, 2.75) is 18.9 Å². The first kappa shape index (κ1) is 13.4. The Labute approximate surface area is 119 Å². The Morgan fingerprint density at radius 2 is 1.80 bits per heavy atom. The molecule has 1 saturated heterocycles. The summed E-state index contributed by atoms with van der Waals surface area (Å²) in [6.07, 6.45) is 2.18. The number of aliphatic hydroxyl groups is 1. The Kier molecular flexibility index (Phi) is 4.19. The van der Waals surface area contributed by atoms with Crippen LogP contribution in [0.3, 0.4) is 0 Å². The summed E-state index contributed by atoms with van der Waals surface area (Å²) in [6.45, 7) is 3.54. The molecular formula is C17H22NO2+. The highest BCUT2D eigenvalue weighted by Crippen LogP contribution is 2.25. The van der Waals surface area contributed by atoms with Gasteiger partial charge in [0.25, 0.3) is 0 Å². The monoisotopic (exact) mass is 272 g/mol. The van der Waals surface area contributed by atoms with Crippen molar-refractivity contribution in [2.75, 3.05) is 26.2 Å². The molecule has 2 aromatic carbocycles. The van der Waals surface area contributed by atoms with Crippen molar-refractivity contribution in [3.8, 4) is 5.75 Å². The van der Waals surface area contributed by atoms with Crippen molar-refractivity contribution >= 4 is 10.8 Å². The van der Waals surface area contributed by atoms with Crippen molar-refractivity contribution in [3.63, 3.8) is 0 Å². The number of benzene rings is 2. The summed E-state index contributed by atoms with van der Waals surface area (Å²) in [6, 6.07) is 14.2. The molecule has 0 spiro atoms. The number of ether oxygens (including phenoxy) is 1. The lowest BCUT2D eigenvalue weighted by Crippen LogP contribution is -3.11. The van der Waals surface area contributed by atoms with Gasteiger partial charge in [0.05, 0.1) is 13.1 Å². The van der Waals surface area contributed by atoms with Crippen LogP contribution in [-0.4, -0.2) is 37.5 Å². The topological polar surface area (TPSA) is 33.9 Å². The lowest BCUT2D eigenvalue weighted by atomic mass is 10.1. The molecule has 0 radical (unpaired) electrons. The molecule has 3 rings (SSSR count). The third-order valence-electron chi connectivity index (χ3n) is 4.02. The lowest BCUT2D eigenvalue weighted by molar-refractivity contribution is -0.890. The summed E-state index contributed by atoms with van der Waals surface area (Å²) in [5.74, 6) is 0.860. The number of nitrogens with one attached hydrogen (secondary N) is 1. The Balaban J connectivity index is 1.61. The first-order chi connectivity index (χ1) is 9.83. The summed E-state index contributed by atoms with van der Waals surface area (Å²) < 4.78 is 5.83. The minimum atomic E-state index is -0.387. The van der Waals surface area contributed by atoms with Crippen molar-refractivity contribution in [3.05, 3.63) is 42.5 Å². The average molecular weight is 272 g/mol. The van der Waals surface area contributed by atoms with Crippen LogP contribution in [0.4, 0.5) is 0 Å². The SMILES string of the molecule is O[C@@H](COc1cccc2ccccc12)C[NH+]1CCCC1. The summed E-state index contributed by atoms with van der Waals surface area (Å²) in [5.41, 5.74) is 0. The molecule has 1 fully saturated rings. The molecule has 0 aliphatic carbocycles. The maximum absolute atomic E-state index is 10.1. The number of hydrogen-bond acceptors (Lipinski definition) is 2. The molecule has 3 heteroatoms. The molecule has 2 N–H and O–H groups in total. The maximum atomic E-state index is 10.1. The van der Waals surface area contributed by atoms with Crippen LogP contribution in [-0.2, 0) is 0 Å². The molecular weight excluding hydrogens is 250 g/mol. The summed E-state index contributed by atoms with van der Waals surface area (Å²) in [5, 5.41) is 12.4. The largest absolute Gasteiger partial charge is 0.490 e. The highest BCUT2D eigenvalue weighted by molar-refractivity contribution is 5.88. The molecule has 106 valence electrons. The molecule has 1 heterocycles. The van der Waals surface area contributed by atoms with Gasteiger partial charge in [-0.2, -0.15) is 0 Å². The number of quaternary nitrogens is 1. The highest BCUT2D eigenvalue weighted by atomic mass is 16.5. The van der Waals surface area contributed by atoms with Crippen LogP contribution in [0.5, 0.6) is 5.75 Å². The summed E-state index contributed by atoms with van der Waals surface area (Å²) in [4.78, 5) is 1.50. The predicted octanol–water partition coefficient (Wildman–Crippen LogP) is 1.26. The van der Waals surface area contributed by atoms with Gasteiger partial charge in [-0.05, 0) is 11.5 Å². The van der Waals surface area contributed by atoms with E-state index in [1.54, 1.807) is 0 Å². The van der Waals surface area contributed by atoms with Crippen molar-refractivity contribution < 1.29 is 14.7 Å². The first-order valence-electron chi connectivity index (χ1n) is 7.45. The zero-order valence-electron chi connectivity index (χ0n) is 11.7. The molecule has 1 atom stereocenters. The van der Waals surface area contributed by atoms with E-state index in [4.69, 9.17) is 4.74 Å². The molecule has 0 amide bonds. The van der Waals surface area contributed by atoms with E-state index in [2.05, 4.69) is 18.2 Å². The second-order valence-electron chi connectivity index (χ2n) is 5.60. The number of rotatable bonds is 5. The van der Waals surface area contributed by atoms with Crippen LogP contribution in [0.25, 0.3) is 10.8 Å². The smallest absolute Gasteiger partial charge is 0.137 e. The highest BCUT2D eigenvalue weighted by Gasteiger charge is 2.19. The van der Waals surface area contributed by atoms with E-state index < -0.39 is 0 Å². The molecule has 0 saturated carbocycles. The number of aliphatic hydroxyl groups excluding tert-OH is 1.